The SMILES string of the molecule is CN(Cc1cc2cnccc2s1)C(=O)C=Cc1cnc2c(c1)CCC(=O)N2. The van der Waals surface area contributed by atoms with E-state index in [0.29, 0.717) is 25.2 Å². The van der Waals surface area contributed by atoms with E-state index in [0.717, 1.165) is 21.4 Å². The van der Waals surface area contributed by atoms with Crippen molar-refractivity contribution in [3.8, 4) is 0 Å². The van der Waals surface area contributed by atoms with E-state index in [4.69, 9.17) is 0 Å². The van der Waals surface area contributed by atoms with Crippen LogP contribution in [0.4, 0.5) is 5.82 Å². The third-order valence-electron chi connectivity index (χ3n) is 4.42. The Balaban J connectivity index is 1.42. The quantitative estimate of drug-likeness (QED) is 0.707. The van der Waals surface area contributed by atoms with Gasteiger partial charge in [0, 0.05) is 53.1 Å². The first-order chi connectivity index (χ1) is 13.1. The van der Waals surface area contributed by atoms with Crippen molar-refractivity contribution in [1.82, 2.24) is 14.9 Å². The molecule has 0 bridgehead atoms. The second-order valence-corrected chi connectivity index (χ2v) is 7.65. The number of aryl methyl sites for hydroxylation is 1. The van der Waals surface area contributed by atoms with Crippen LogP contribution < -0.4 is 5.32 Å². The fourth-order valence-corrected chi connectivity index (χ4v) is 4.07. The first kappa shape index (κ1) is 17.4. The van der Waals surface area contributed by atoms with Crippen molar-refractivity contribution in [3.05, 3.63) is 58.9 Å². The summed E-state index contributed by atoms with van der Waals surface area (Å²) in [6.07, 6.45) is 9.73. The minimum Gasteiger partial charge on any atom is -0.337 e. The molecule has 0 aromatic carbocycles. The predicted octanol–water partition coefficient (Wildman–Crippen LogP) is 3.25. The van der Waals surface area contributed by atoms with Crippen LogP contribution in [0.15, 0.2) is 42.9 Å². The fraction of sp³-hybridized carbons (Fsp3) is 0.200. The van der Waals surface area contributed by atoms with Gasteiger partial charge in [-0.1, -0.05) is 0 Å². The summed E-state index contributed by atoms with van der Waals surface area (Å²) in [5, 5.41) is 3.85. The van der Waals surface area contributed by atoms with Gasteiger partial charge in [-0.2, -0.15) is 0 Å². The molecular weight excluding hydrogens is 360 g/mol. The highest BCUT2D eigenvalue weighted by molar-refractivity contribution is 7.19. The van der Waals surface area contributed by atoms with Crippen LogP contribution in [0, 0.1) is 0 Å². The number of rotatable bonds is 4. The molecule has 6 nitrogen and oxygen atoms in total. The maximum Gasteiger partial charge on any atom is 0.246 e. The normalized spacial score (nSPS) is 13.6. The summed E-state index contributed by atoms with van der Waals surface area (Å²) in [5.41, 5.74) is 1.84. The summed E-state index contributed by atoms with van der Waals surface area (Å²) in [6, 6.07) is 6.02. The molecule has 0 atom stereocenters. The zero-order valence-electron chi connectivity index (χ0n) is 14.8. The van der Waals surface area contributed by atoms with E-state index < -0.39 is 0 Å². The number of anilines is 1. The van der Waals surface area contributed by atoms with Crippen molar-refractivity contribution in [2.45, 2.75) is 19.4 Å². The first-order valence-corrected chi connectivity index (χ1v) is 9.44. The van der Waals surface area contributed by atoms with Gasteiger partial charge in [0.15, 0.2) is 0 Å². The molecule has 0 fully saturated rings. The van der Waals surface area contributed by atoms with Crippen LogP contribution in [0.1, 0.15) is 22.4 Å². The lowest BCUT2D eigenvalue weighted by Crippen LogP contribution is -2.23. The lowest BCUT2D eigenvalue weighted by Gasteiger charge is -2.16. The average molecular weight is 378 g/mol. The third kappa shape index (κ3) is 3.88. The first-order valence-electron chi connectivity index (χ1n) is 8.63. The largest absolute Gasteiger partial charge is 0.337 e. The maximum atomic E-state index is 12.4. The molecule has 2 amide bonds. The zero-order valence-corrected chi connectivity index (χ0v) is 15.6. The summed E-state index contributed by atoms with van der Waals surface area (Å²) in [4.78, 5) is 35.0. The van der Waals surface area contributed by atoms with Gasteiger partial charge in [-0.05, 0) is 41.8 Å². The highest BCUT2D eigenvalue weighted by atomic mass is 32.1. The second kappa shape index (κ2) is 7.28. The number of nitrogens with one attached hydrogen (secondary N) is 1. The van der Waals surface area contributed by atoms with Crippen molar-refractivity contribution < 1.29 is 9.59 Å². The topological polar surface area (TPSA) is 75.2 Å². The summed E-state index contributed by atoms with van der Waals surface area (Å²) in [6.45, 7) is 0.553. The van der Waals surface area contributed by atoms with Gasteiger partial charge in [0.2, 0.25) is 11.8 Å². The molecule has 1 N–H and O–H groups in total. The number of hydrogen-bond donors (Lipinski definition) is 1. The maximum absolute atomic E-state index is 12.4. The van der Waals surface area contributed by atoms with E-state index in [9.17, 15) is 9.59 Å². The Kier molecular flexibility index (Phi) is 4.68. The number of hydrogen-bond acceptors (Lipinski definition) is 5. The Morgan fingerprint density at radius 1 is 1.33 bits per heavy atom. The highest BCUT2D eigenvalue weighted by Crippen LogP contribution is 2.25. The summed E-state index contributed by atoms with van der Waals surface area (Å²) in [7, 11) is 1.79. The smallest absolute Gasteiger partial charge is 0.246 e. The van der Waals surface area contributed by atoms with E-state index >= 15 is 0 Å². The Hall–Kier alpha value is -3.06. The third-order valence-corrected chi connectivity index (χ3v) is 5.52. The van der Waals surface area contributed by atoms with Crippen LogP contribution in [0.25, 0.3) is 16.2 Å². The van der Waals surface area contributed by atoms with Crippen molar-refractivity contribution in [3.63, 3.8) is 0 Å². The molecule has 3 aromatic heterocycles. The monoisotopic (exact) mass is 378 g/mol. The molecule has 1 aliphatic heterocycles. The summed E-state index contributed by atoms with van der Waals surface area (Å²) >= 11 is 1.67. The molecule has 1 aliphatic rings. The van der Waals surface area contributed by atoms with Crippen molar-refractivity contribution in [2.24, 2.45) is 0 Å². The molecule has 0 saturated carbocycles. The number of carbonyl (C=O) groups excluding carboxylic acids is 2. The minimum absolute atomic E-state index is 0.00730. The number of thiophene rings is 1. The Morgan fingerprint density at radius 3 is 3.07 bits per heavy atom. The van der Waals surface area contributed by atoms with Crippen molar-refractivity contribution in [2.75, 3.05) is 12.4 Å². The zero-order chi connectivity index (χ0) is 18.8. The average Bonchev–Trinajstić information content (AvgIpc) is 3.08. The minimum atomic E-state index is -0.0726. The fourth-order valence-electron chi connectivity index (χ4n) is 2.99. The van der Waals surface area contributed by atoms with Crippen LogP contribution in [0.5, 0.6) is 0 Å². The molecule has 4 heterocycles. The van der Waals surface area contributed by atoms with E-state index in [-0.39, 0.29) is 11.8 Å². The molecular formula is C20H18N4O2S. The van der Waals surface area contributed by atoms with E-state index in [1.165, 1.54) is 4.70 Å². The summed E-state index contributed by atoms with van der Waals surface area (Å²) in [5.74, 6) is 0.537. The molecule has 0 aliphatic carbocycles. The molecule has 0 radical (unpaired) electrons. The van der Waals surface area contributed by atoms with Gasteiger partial charge in [-0.25, -0.2) is 4.98 Å². The molecule has 0 saturated heterocycles. The number of amides is 2. The number of carbonyl (C=O) groups is 2. The van der Waals surface area contributed by atoms with Gasteiger partial charge in [0.05, 0.1) is 6.54 Å². The molecule has 0 spiro atoms. The highest BCUT2D eigenvalue weighted by Gasteiger charge is 2.15. The van der Waals surface area contributed by atoms with Crippen LogP contribution in [0.3, 0.4) is 0 Å². The van der Waals surface area contributed by atoms with Crippen LogP contribution >= 0.6 is 11.3 Å². The van der Waals surface area contributed by atoms with Gasteiger partial charge in [0.1, 0.15) is 5.82 Å². The molecule has 0 unspecified atom stereocenters. The van der Waals surface area contributed by atoms with Crippen molar-refractivity contribution >= 4 is 45.1 Å². The molecule has 3 aromatic rings. The van der Waals surface area contributed by atoms with Crippen LogP contribution in [-0.2, 0) is 22.6 Å². The predicted molar refractivity (Wildman–Crippen MR) is 106 cm³/mol. The van der Waals surface area contributed by atoms with Gasteiger partial charge in [-0.3, -0.25) is 14.6 Å². The lowest BCUT2D eigenvalue weighted by atomic mass is 10.0. The van der Waals surface area contributed by atoms with Crippen molar-refractivity contribution in [1.29, 1.82) is 0 Å². The number of likely N-dealkylation sites (N-methyl/N-ethyl adjacent to an activating group) is 1. The van der Waals surface area contributed by atoms with E-state index in [1.807, 2.05) is 18.3 Å². The molecule has 27 heavy (non-hydrogen) atoms. The summed E-state index contributed by atoms with van der Waals surface area (Å²) < 4.78 is 1.17. The second-order valence-electron chi connectivity index (χ2n) is 6.48. The Bertz CT molecular complexity index is 1020. The Morgan fingerprint density at radius 2 is 2.22 bits per heavy atom. The molecule has 4 rings (SSSR count). The van der Waals surface area contributed by atoms with Crippen LogP contribution in [0.2, 0.25) is 0 Å². The van der Waals surface area contributed by atoms with Gasteiger partial charge in [0.25, 0.3) is 0 Å². The van der Waals surface area contributed by atoms with Crippen LogP contribution in [-0.4, -0.2) is 33.7 Å². The number of nitrogens with zero attached hydrogens (tertiary/aromatic N) is 3. The number of aromatic nitrogens is 2. The van der Waals surface area contributed by atoms with Gasteiger partial charge in [-0.15, -0.1) is 11.3 Å². The Labute approximate surface area is 160 Å². The van der Waals surface area contributed by atoms with E-state index in [1.54, 1.807) is 47.8 Å². The number of fused-ring (bicyclic) bond motifs is 2. The standard InChI is InChI=1S/C20H18N4O2S/c1-24(12-16-9-15-11-21-7-6-17(15)27-16)19(26)5-2-13-8-14-3-4-18(25)23-20(14)22-10-13/h2,5-11H,3-4,12H2,1H3,(H,22,23,25). The van der Waals surface area contributed by atoms with Gasteiger partial charge >= 0.3 is 0 Å². The molecule has 7 heteroatoms. The number of pyridine rings is 2. The van der Waals surface area contributed by atoms with E-state index in [2.05, 4.69) is 21.4 Å². The van der Waals surface area contributed by atoms with Gasteiger partial charge < -0.3 is 10.2 Å². The molecule has 136 valence electrons. The lowest BCUT2D eigenvalue weighted by molar-refractivity contribution is -0.125.